The number of amides is 1. The van der Waals surface area contributed by atoms with Crippen LogP contribution in [-0.4, -0.2) is 41.1 Å². The number of nitrogens with one attached hydrogen (secondary N) is 1. The van der Waals surface area contributed by atoms with Gasteiger partial charge in [0.2, 0.25) is 0 Å². The second-order valence-corrected chi connectivity index (χ2v) is 7.73. The maximum atomic E-state index is 12.1. The number of ether oxygens (including phenoxy) is 1. The van der Waals surface area contributed by atoms with E-state index in [1.54, 1.807) is 6.21 Å². The lowest BCUT2D eigenvalue weighted by Gasteiger charge is -2.16. The van der Waals surface area contributed by atoms with Crippen molar-refractivity contribution in [3.8, 4) is 0 Å². The lowest BCUT2D eigenvalue weighted by atomic mass is 10.1. The number of pyridine rings is 1. The van der Waals surface area contributed by atoms with Gasteiger partial charge in [-0.15, -0.1) is 0 Å². The van der Waals surface area contributed by atoms with Gasteiger partial charge in [0.1, 0.15) is 7.11 Å². The van der Waals surface area contributed by atoms with E-state index in [9.17, 15) is 4.79 Å². The molecule has 1 atom stereocenters. The van der Waals surface area contributed by atoms with E-state index in [0.29, 0.717) is 6.54 Å². The van der Waals surface area contributed by atoms with Crippen molar-refractivity contribution in [2.24, 2.45) is 5.16 Å². The highest BCUT2D eigenvalue weighted by molar-refractivity contribution is 5.92. The number of benzene rings is 1. The number of fused-ring (bicyclic) bond motifs is 3. The molecule has 1 aliphatic carbocycles. The molecule has 0 bridgehead atoms. The first-order chi connectivity index (χ1) is 14.5. The molecule has 0 radical (unpaired) electrons. The van der Waals surface area contributed by atoms with Crippen LogP contribution in [0.15, 0.2) is 47.8 Å². The Morgan fingerprint density at radius 2 is 2.20 bits per heavy atom. The van der Waals surface area contributed by atoms with Crippen molar-refractivity contribution in [1.29, 1.82) is 0 Å². The van der Waals surface area contributed by atoms with E-state index < -0.39 is 0 Å². The van der Waals surface area contributed by atoms with Gasteiger partial charge in [0.15, 0.2) is 0 Å². The zero-order valence-corrected chi connectivity index (χ0v) is 17.5. The van der Waals surface area contributed by atoms with Crippen molar-refractivity contribution in [3.63, 3.8) is 0 Å². The van der Waals surface area contributed by atoms with Crippen LogP contribution in [0.3, 0.4) is 0 Å². The Hall–Kier alpha value is -3.35. The van der Waals surface area contributed by atoms with Gasteiger partial charge in [-0.05, 0) is 55.7 Å². The Labute approximate surface area is 175 Å². The third-order valence-corrected chi connectivity index (χ3v) is 5.22. The van der Waals surface area contributed by atoms with Crippen LogP contribution in [0.4, 0.5) is 4.79 Å². The number of alkyl carbamates (subject to hydrolysis) is 1. The molecule has 1 aromatic carbocycles. The van der Waals surface area contributed by atoms with E-state index in [1.165, 1.54) is 23.8 Å². The molecule has 2 heterocycles. The fourth-order valence-corrected chi connectivity index (χ4v) is 4.05. The molecule has 1 aliphatic rings. The summed E-state index contributed by atoms with van der Waals surface area (Å²) in [4.78, 5) is 21.4. The average molecular weight is 406 g/mol. The number of oxime groups is 1. The van der Waals surface area contributed by atoms with Crippen LogP contribution in [0.5, 0.6) is 0 Å². The van der Waals surface area contributed by atoms with Gasteiger partial charge in [-0.1, -0.05) is 17.3 Å². The van der Waals surface area contributed by atoms with Gasteiger partial charge >= 0.3 is 6.09 Å². The summed E-state index contributed by atoms with van der Waals surface area (Å²) in [6.45, 7) is 4.38. The van der Waals surface area contributed by atoms with Gasteiger partial charge in [0.25, 0.3) is 0 Å². The summed E-state index contributed by atoms with van der Waals surface area (Å²) in [6, 6.07) is 12.2. The van der Waals surface area contributed by atoms with Gasteiger partial charge in [0.05, 0.1) is 24.6 Å². The van der Waals surface area contributed by atoms with Gasteiger partial charge in [0, 0.05) is 35.3 Å². The van der Waals surface area contributed by atoms with Crippen LogP contribution in [0.1, 0.15) is 36.4 Å². The number of aromatic nitrogens is 2. The number of nitrogens with zero attached hydrogens (tertiary/aromatic N) is 3. The first kappa shape index (κ1) is 19.9. The Morgan fingerprint density at radius 3 is 2.93 bits per heavy atom. The molecule has 0 saturated carbocycles. The van der Waals surface area contributed by atoms with E-state index in [-0.39, 0.29) is 18.2 Å². The molecule has 0 unspecified atom stereocenters. The zero-order valence-electron chi connectivity index (χ0n) is 17.5. The maximum absolute atomic E-state index is 12.1. The summed E-state index contributed by atoms with van der Waals surface area (Å²) in [6.07, 6.45) is 4.52. The van der Waals surface area contributed by atoms with Crippen molar-refractivity contribution in [2.75, 3.05) is 7.11 Å². The zero-order chi connectivity index (χ0) is 21.1. The minimum Gasteiger partial charge on any atom is -0.447 e. The largest absolute Gasteiger partial charge is 0.447 e. The molecule has 2 aromatic heterocycles. The number of rotatable bonds is 6. The monoisotopic (exact) mass is 406 g/mol. The Kier molecular flexibility index (Phi) is 5.70. The van der Waals surface area contributed by atoms with Crippen LogP contribution >= 0.6 is 0 Å². The normalized spacial score (nSPS) is 15.7. The average Bonchev–Trinajstić information content (AvgIpc) is 3.24. The molecule has 1 N–H and O–H groups in total. The molecule has 0 aliphatic heterocycles. The maximum Gasteiger partial charge on any atom is 0.407 e. The van der Waals surface area contributed by atoms with Gasteiger partial charge < -0.3 is 19.5 Å². The number of hydrogen-bond acceptors (Lipinski definition) is 5. The van der Waals surface area contributed by atoms with Crippen LogP contribution in [-0.2, 0) is 29.0 Å². The highest BCUT2D eigenvalue weighted by Gasteiger charge is 2.30. The first-order valence-electron chi connectivity index (χ1n) is 10.1. The number of carbonyl (C=O) groups excluding carboxylic acids is 1. The summed E-state index contributed by atoms with van der Waals surface area (Å²) in [7, 11) is 1.53. The molecular formula is C23H26N4O3. The van der Waals surface area contributed by atoms with Crippen LogP contribution in [0, 0.1) is 0 Å². The Bertz CT molecular complexity index is 1070. The fourth-order valence-electron chi connectivity index (χ4n) is 4.05. The molecule has 4 rings (SSSR count). The lowest BCUT2D eigenvalue weighted by molar-refractivity contribution is 0.112. The van der Waals surface area contributed by atoms with Crippen molar-refractivity contribution in [3.05, 3.63) is 65.1 Å². The van der Waals surface area contributed by atoms with Gasteiger partial charge in [-0.3, -0.25) is 4.98 Å². The van der Waals surface area contributed by atoms with Gasteiger partial charge in [-0.2, -0.15) is 0 Å². The number of carbonyl (C=O) groups is 1. The van der Waals surface area contributed by atoms with E-state index in [4.69, 9.17) is 9.57 Å². The Morgan fingerprint density at radius 1 is 1.33 bits per heavy atom. The Balaban J connectivity index is 1.69. The van der Waals surface area contributed by atoms with Gasteiger partial charge in [-0.25, -0.2) is 4.79 Å². The molecule has 0 saturated heterocycles. The van der Waals surface area contributed by atoms with Crippen molar-refractivity contribution in [2.45, 2.75) is 45.4 Å². The molecule has 3 aromatic rings. The lowest BCUT2D eigenvalue weighted by Crippen LogP contribution is -2.37. The second kappa shape index (κ2) is 8.57. The summed E-state index contributed by atoms with van der Waals surface area (Å²) >= 11 is 0. The molecule has 0 fully saturated rings. The molecule has 7 heteroatoms. The summed E-state index contributed by atoms with van der Waals surface area (Å²) in [5.41, 5.74) is 5.61. The first-order valence-corrected chi connectivity index (χ1v) is 10.1. The smallest absolute Gasteiger partial charge is 0.407 e. The number of hydrogen-bond donors (Lipinski definition) is 1. The standard InChI is InChI=1S/C23H26N4O3/c1-15(2)30-23(28)26-18-11-20-19-10-16(13-25-29-3)7-8-21(19)27(22(20)12-18)14-17-6-4-5-9-24-17/h4-10,13,15,18H,11-12,14H2,1-3H3,(H,26,28)/t18-/m0/s1. The minimum absolute atomic E-state index is 0.0110. The van der Waals surface area contributed by atoms with Crippen molar-refractivity contribution in [1.82, 2.24) is 14.9 Å². The van der Waals surface area contributed by atoms with E-state index >= 15 is 0 Å². The minimum atomic E-state index is -0.367. The molecule has 156 valence electrons. The van der Waals surface area contributed by atoms with Crippen molar-refractivity contribution < 1.29 is 14.4 Å². The van der Waals surface area contributed by atoms with Crippen LogP contribution < -0.4 is 5.32 Å². The predicted octanol–water partition coefficient (Wildman–Crippen LogP) is 3.67. The molecule has 30 heavy (non-hydrogen) atoms. The highest BCUT2D eigenvalue weighted by atomic mass is 16.6. The van der Waals surface area contributed by atoms with E-state index in [2.05, 4.69) is 32.2 Å². The van der Waals surface area contributed by atoms with E-state index in [1.807, 2.05) is 44.3 Å². The summed E-state index contributed by atoms with van der Waals surface area (Å²) in [5, 5.41) is 8.06. The van der Waals surface area contributed by atoms with Crippen LogP contribution in [0.25, 0.3) is 10.9 Å². The topological polar surface area (TPSA) is 77.7 Å². The molecule has 0 spiro atoms. The quantitative estimate of drug-likeness (QED) is 0.501. The second-order valence-electron chi connectivity index (χ2n) is 7.73. The predicted molar refractivity (Wildman–Crippen MR) is 116 cm³/mol. The van der Waals surface area contributed by atoms with Crippen molar-refractivity contribution >= 4 is 23.2 Å². The SMILES string of the molecule is CON=Cc1ccc2c(c1)c1c(n2Cc2ccccn2)C[C@@H](NC(=O)OC(C)C)C1. The third-order valence-electron chi connectivity index (χ3n) is 5.22. The molecule has 7 nitrogen and oxygen atoms in total. The highest BCUT2D eigenvalue weighted by Crippen LogP contribution is 2.34. The van der Waals surface area contributed by atoms with E-state index in [0.717, 1.165) is 29.6 Å². The fraction of sp³-hybridized carbons (Fsp3) is 0.348. The summed E-state index contributed by atoms with van der Waals surface area (Å²) in [5.74, 6) is 0. The molecule has 1 amide bonds. The molecular weight excluding hydrogens is 380 g/mol. The summed E-state index contributed by atoms with van der Waals surface area (Å²) < 4.78 is 7.57. The van der Waals surface area contributed by atoms with Crippen LogP contribution in [0.2, 0.25) is 0 Å². The third kappa shape index (κ3) is 4.15.